The molecule has 2 aromatic rings. The molecule has 1 atom stereocenters. The van der Waals surface area contributed by atoms with Crippen LogP contribution in [0.2, 0.25) is 0 Å². The minimum Gasteiger partial charge on any atom is -0.396 e. The average Bonchev–Trinajstić information content (AvgIpc) is 2.94. The molecule has 5 nitrogen and oxygen atoms in total. The van der Waals surface area contributed by atoms with Crippen LogP contribution in [0.1, 0.15) is 46.8 Å². The van der Waals surface area contributed by atoms with Gasteiger partial charge >= 0.3 is 0 Å². The first kappa shape index (κ1) is 16.6. The summed E-state index contributed by atoms with van der Waals surface area (Å²) in [5.41, 5.74) is 1.26. The molecule has 1 saturated carbocycles. The zero-order chi connectivity index (χ0) is 17.3. The Morgan fingerprint density at radius 1 is 1.50 bits per heavy atom. The Kier molecular flexibility index (Phi) is 4.41. The first-order valence-electron chi connectivity index (χ1n) is 8.12. The maximum atomic E-state index is 13.7. The molecule has 0 bridgehead atoms. The summed E-state index contributed by atoms with van der Waals surface area (Å²) in [6.07, 6.45) is 6.25. The largest absolute Gasteiger partial charge is 0.396 e. The molecule has 0 radical (unpaired) electrons. The molecule has 2 N–H and O–H groups in total. The summed E-state index contributed by atoms with van der Waals surface area (Å²) in [6, 6.07) is 4.11. The zero-order valence-corrected chi connectivity index (χ0v) is 13.9. The third-order valence-electron chi connectivity index (χ3n) is 5.04. The molecule has 0 aliphatic heterocycles. The molecule has 1 aliphatic rings. The van der Waals surface area contributed by atoms with Crippen molar-refractivity contribution in [1.29, 1.82) is 0 Å². The van der Waals surface area contributed by atoms with E-state index in [4.69, 9.17) is 0 Å². The van der Waals surface area contributed by atoms with Crippen LogP contribution in [0.5, 0.6) is 0 Å². The average molecular weight is 331 g/mol. The summed E-state index contributed by atoms with van der Waals surface area (Å²) in [7, 11) is 1.81. The van der Waals surface area contributed by atoms with E-state index in [2.05, 4.69) is 10.4 Å². The van der Waals surface area contributed by atoms with E-state index in [1.165, 1.54) is 6.07 Å². The van der Waals surface area contributed by atoms with Crippen LogP contribution >= 0.6 is 0 Å². The third-order valence-corrected chi connectivity index (χ3v) is 5.04. The smallest absolute Gasteiger partial charge is 0.251 e. The summed E-state index contributed by atoms with van der Waals surface area (Å²) < 4.78 is 15.4. The number of nitrogens with zero attached hydrogens (tertiary/aromatic N) is 2. The van der Waals surface area contributed by atoms with Crippen LogP contribution in [0.15, 0.2) is 30.6 Å². The number of amides is 1. The zero-order valence-electron chi connectivity index (χ0n) is 13.9. The summed E-state index contributed by atoms with van der Waals surface area (Å²) in [5.74, 6) is -0.747. The number of benzene rings is 1. The Balaban J connectivity index is 1.89. The van der Waals surface area contributed by atoms with E-state index in [1.807, 2.05) is 13.2 Å². The number of carbonyl (C=O) groups is 1. The lowest BCUT2D eigenvalue weighted by atomic mass is 9.63. The van der Waals surface area contributed by atoms with Crippen molar-refractivity contribution in [3.05, 3.63) is 53.1 Å². The fourth-order valence-corrected chi connectivity index (χ4v) is 3.30. The number of hydrogen-bond acceptors (Lipinski definition) is 3. The number of aryl methyl sites for hydroxylation is 2. The van der Waals surface area contributed by atoms with E-state index in [0.29, 0.717) is 5.56 Å². The molecule has 1 aliphatic carbocycles. The van der Waals surface area contributed by atoms with Crippen LogP contribution in [0.3, 0.4) is 0 Å². The molecule has 6 heteroatoms. The number of hydrogen-bond donors (Lipinski definition) is 2. The van der Waals surface area contributed by atoms with Gasteiger partial charge in [0.05, 0.1) is 18.8 Å². The van der Waals surface area contributed by atoms with E-state index >= 15 is 0 Å². The SMILES string of the molecule is Cc1ccc(C(=O)NC(c2cnn(C)c2)C2(CO)CCC2)cc1F. The summed E-state index contributed by atoms with van der Waals surface area (Å²) >= 11 is 0. The second kappa shape index (κ2) is 6.36. The summed E-state index contributed by atoms with van der Waals surface area (Å²) in [5, 5.41) is 17.1. The van der Waals surface area contributed by atoms with E-state index in [0.717, 1.165) is 24.8 Å². The molecule has 1 fully saturated rings. The van der Waals surface area contributed by atoms with E-state index in [9.17, 15) is 14.3 Å². The van der Waals surface area contributed by atoms with Crippen molar-refractivity contribution in [2.75, 3.05) is 6.61 Å². The number of aromatic nitrogens is 2. The molecule has 1 unspecified atom stereocenters. The van der Waals surface area contributed by atoms with Crippen LogP contribution < -0.4 is 5.32 Å². The van der Waals surface area contributed by atoms with Gasteiger partial charge in [0.1, 0.15) is 5.82 Å². The van der Waals surface area contributed by atoms with Crippen molar-refractivity contribution < 1.29 is 14.3 Å². The van der Waals surface area contributed by atoms with Gasteiger partial charge in [0.2, 0.25) is 0 Å². The summed E-state index contributed by atoms with van der Waals surface area (Å²) in [6.45, 7) is 1.65. The highest BCUT2D eigenvalue weighted by Gasteiger charge is 2.45. The number of halogens is 1. The molecule has 1 aromatic heterocycles. The quantitative estimate of drug-likeness (QED) is 0.884. The molecule has 128 valence electrons. The first-order chi connectivity index (χ1) is 11.4. The second-order valence-corrected chi connectivity index (χ2v) is 6.69. The second-order valence-electron chi connectivity index (χ2n) is 6.69. The van der Waals surface area contributed by atoms with Gasteiger partial charge in [-0.2, -0.15) is 5.10 Å². The van der Waals surface area contributed by atoms with Crippen molar-refractivity contribution >= 4 is 5.91 Å². The number of rotatable bonds is 5. The van der Waals surface area contributed by atoms with Gasteiger partial charge < -0.3 is 10.4 Å². The lowest BCUT2D eigenvalue weighted by Gasteiger charge is -2.46. The topological polar surface area (TPSA) is 67.2 Å². The third kappa shape index (κ3) is 2.94. The van der Waals surface area contributed by atoms with Gasteiger partial charge in [0.15, 0.2) is 0 Å². The van der Waals surface area contributed by atoms with Gasteiger partial charge in [-0.15, -0.1) is 0 Å². The van der Waals surface area contributed by atoms with Crippen molar-refractivity contribution in [3.8, 4) is 0 Å². The molecule has 0 spiro atoms. The molecule has 24 heavy (non-hydrogen) atoms. The standard InChI is InChI=1S/C18H22FN3O2/c1-12-4-5-13(8-15(12)19)17(24)21-16(14-9-20-22(2)10-14)18(11-23)6-3-7-18/h4-5,8-10,16,23H,3,6-7,11H2,1-2H3,(H,21,24). The molecular weight excluding hydrogens is 309 g/mol. The van der Waals surface area contributed by atoms with E-state index < -0.39 is 5.82 Å². The van der Waals surface area contributed by atoms with Crippen molar-refractivity contribution in [2.45, 2.75) is 32.2 Å². The van der Waals surface area contributed by atoms with Crippen LogP contribution in [0.4, 0.5) is 4.39 Å². The Morgan fingerprint density at radius 3 is 2.75 bits per heavy atom. The highest BCUT2D eigenvalue weighted by molar-refractivity contribution is 5.94. The van der Waals surface area contributed by atoms with Gasteiger partial charge in [0.25, 0.3) is 5.91 Å². The first-order valence-corrected chi connectivity index (χ1v) is 8.12. The number of carbonyl (C=O) groups excluding carboxylic acids is 1. The minimum atomic E-state index is -0.402. The fourth-order valence-electron chi connectivity index (χ4n) is 3.30. The van der Waals surface area contributed by atoms with Crippen molar-refractivity contribution in [3.63, 3.8) is 0 Å². The Hall–Kier alpha value is -2.21. The Morgan fingerprint density at radius 2 is 2.25 bits per heavy atom. The van der Waals surface area contributed by atoms with E-state index in [-0.39, 0.29) is 29.5 Å². The molecule has 1 amide bonds. The van der Waals surface area contributed by atoms with Crippen LogP contribution in [-0.4, -0.2) is 27.4 Å². The molecule has 1 heterocycles. The maximum absolute atomic E-state index is 13.7. The molecular formula is C18H22FN3O2. The highest BCUT2D eigenvalue weighted by atomic mass is 19.1. The number of aliphatic hydroxyl groups is 1. The minimum absolute atomic E-state index is 0.00486. The van der Waals surface area contributed by atoms with Gasteiger partial charge in [-0.3, -0.25) is 9.48 Å². The predicted molar refractivity (Wildman–Crippen MR) is 87.9 cm³/mol. The lowest BCUT2D eigenvalue weighted by molar-refractivity contribution is 0.00598. The predicted octanol–water partition coefficient (Wildman–Crippen LogP) is 2.50. The number of aliphatic hydroxyl groups excluding tert-OH is 1. The van der Waals surface area contributed by atoms with Crippen LogP contribution in [0.25, 0.3) is 0 Å². The molecule has 1 aromatic carbocycles. The molecule has 0 saturated heterocycles. The number of nitrogens with one attached hydrogen (secondary N) is 1. The summed E-state index contributed by atoms with van der Waals surface area (Å²) in [4.78, 5) is 12.6. The van der Waals surface area contributed by atoms with Gasteiger partial charge in [-0.25, -0.2) is 4.39 Å². The normalized spacial score (nSPS) is 17.2. The highest BCUT2D eigenvalue weighted by Crippen LogP contribution is 2.49. The van der Waals surface area contributed by atoms with E-state index in [1.54, 1.807) is 29.9 Å². The maximum Gasteiger partial charge on any atom is 0.251 e. The lowest BCUT2D eigenvalue weighted by Crippen LogP contribution is -2.47. The monoisotopic (exact) mass is 331 g/mol. The fraction of sp³-hybridized carbons (Fsp3) is 0.444. The van der Waals surface area contributed by atoms with Crippen molar-refractivity contribution in [1.82, 2.24) is 15.1 Å². The Bertz CT molecular complexity index is 747. The molecule has 3 rings (SSSR count). The van der Waals surface area contributed by atoms with Crippen LogP contribution in [-0.2, 0) is 7.05 Å². The van der Waals surface area contributed by atoms with Gasteiger partial charge in [0, 0.05) is 29.8 Å². The van der Waals surface area contributed by atoms with Crippen LogP contribution in [0, 0.1) is 18.2 Å². The van der Waals surface area contributed by atoms with Gasteiger partial charge in [-0.1, -0.05) is 12.5 Å². The Labute approximate surface area is 140 Å². The van der Waals surface area contributed by atoms with Gasteiger partial charge in [-0.05, 0) is 37.5 Å². The van der Waals surface area contributed by atoms with Crippen molar-refractivity contribution in [2.24, 2.45) is 12.5 Å².